The number of aromatic hydroxyl groups is 1. The topological polar surface area (TPSA) is 104 Å². The Hall–Kier alpha value is -4.08. The zero-order valence-corrected chi connectivity index (χ0v) is 18.8. The third-order valence-electron chi connectivity index (χ3n) is 6.45. The van der Waals surface area contributed by atoms with Crippen molar-refractivity contribution in [3.05, 3.63) is 83.4 Å². The Labute approximate surface area is 198 Å². The van der Waals surface area contributed by atoms with Crippen LogP contribution < -0.4 is 15.8 Å². The molecule has 1 unspecified atom stereocenters. The van der Waals surface area contributed by atoms with Crippen LogP contribution in [0.4, 0.5) is 5.82 Å². The highest BCUT2D eigenvalue weighted by Gasteiger charge is 2.24. The molecule has 2 heterocycles. The van der Waals surface area contributed by atoms with Crippen molar-refractivity contribution >= 4 is 16.6 Å². The molecule has 1 fully saturated rings. The normalized spacial score (nSPS) is 15.7. The van der Waals surface area contributed by atoms with Crippen molar-refractivity contribution in [2.45, 2.75) is 25.4 Å². The van der Waals surface area contributed by atoms with E-state index in [9.17, 15) is 10.4 Å². The second-order valence-electron chi connectivity index (χ2n) is 8.59. The Bertz CT molecular complexity index is 1380. The minimum Gasteiger partial charge on any atom is -0.507 e. The van der Waals surface area contributed by atoms with Crippen molar-refractivity contribution in [3.63, 3.8) is 0 Å². The van der Waals surface area contributed by atoms with E-state index < -0.39 is 0 Å². The smallest absolute Gasteiger partial charge is 0.142 e. The van der Waals surface area contributed by atoms with Gasteiger partial charge in [0.1, 0.15) is 30.0 Å². The van der Waals surface area contributed by atoms with Crippen LogP contribution in [0.15, 0.2) is 66.7 Å². The molecule has 5 rings (SSSR count). The van der Waals surface area contributed by atoms with Gasteiger partial charge in [0.05, 0.1) is 16.8 Å². The molecule has 0 spiro atoms. The quantitative estimate of drug-likeness (QED) is 0.390. The molecule has 3 aromatic carbocycles. The summed E-state index contributed by atoms with van der Waals surface area (Å²) in [5.74, 6) is 0.902. The van der Waals surface area contributed by atoms with Crippen molar-refractivity contribution in [1.82, 2.24) is 10.3 Å². The summed E-state index contributed by atoms with van der Waals surface area (Å²) in [4.78, 5) is 4.49. The number of rotatable bonds is 5. The number of phenols is 1. The summed E-state index contributed by atoms with van der Waals surface area (Å²) in [6.45, 7) is 2.09. The third-order valence-corrected chi connectivity index (χ3v) is 6.45. The molecule has 1 saturated heterocycles. The van der Waals surface area contributed by atoms with Gasteiger partial charge < -0.3 is 20.9 Å². The fourth-order valence-corrected chi connectivity index (χ4v) is 4.75. The van der Waals surface area contributed by atoms with Crippen molar-refractivity contribution < 1.29 is 9.84 Å². The molecule has 0 radical (unpaired) electrons. The zero-order valence-electron chi connectivity index (χ0n) is 18.8. The number of benzene rings is 3. The molecule has 34 heavy (non-hydrogen) atoms. The number of hydrogen-bond acceptors (Lipinski definition) is 6. The number of phenolic OH excluding ortho intramolecular Hbond substituents is 1. The molecule has 0 bridgehead atoms. The number of aromatic nitrogens is 1. The van der Waals surface area contributed by atoms with Gasteiger partial charge in [-0.25, -0.2) is 4.98 Å². The standard InChI is InChI=1S/C28H26N4O2/c29-15-23-22(19-9-5-13-31-16-19)14-24(32-28(23)30)27-25(33)11-4-12-26(27)34-17-20-8-3-7-18-6-1-2-10-21(18)20/h1-4,6-8,10-12,14,19,31,33H,5,9,13,16-17H2,(H2,30,32). The molecule has 1 aliphatic rings. The van der Waals surface area contributed by atoms with Crippen LogP contribution in [0.2, 0.25) is 0 Å². The number of nitrogen functional groups attached to an aromatic ring is 1. The molecular weight excluding hydrogens is 424 g/mol. The lowest BCUT2D eigenvalue weighted by Crippen LogP contribution is -2.29. The van der Waals surface area contributed by atoms with E-state index in [1.165, 1.54) is 0 Å². The fraction of sp³-hybridized carbons (Fsp3) is 0.214. The average molecular weight is 451 g/mol. The molecular formula is C28H26N4O2. The minimum absolute atomic E-state index is 0.0553. The van der Waals surface area contributed by atoms with Crippen LogP contribution in [0, 0.1) is 11.3 Å². The Morgan fingerprint density at radius 3 is 2.76 bits per heavy atom. The first-order valence-corrected chi connectivity index (χ1v) is 11.5. The van der Waals surface area contributed by atoms with Crippen LogP contribution in [0.25, 0.3) is 22.0 Å². The van der Waals surface area contributed by atoms with Crippen LogP contribution in [-0.4, -0.2) is 23.2 Å². The maximum absolute atomic E-state index is 10.8. The van der Waals surface area contributed by atoms with Gasteiger partial charge in [-0.1, -0.05) is 48.5 Å². The number of nitrogens with one attached hydrogen (secondary N) is 1. The summed E-state index contributed by atoms with van der Waals surface area (Å²) in [6, 6.07) is 23.6. The molecule has 4 N–H and O–H groups in total. The van der Waals surface area contributed by atoms with E-state index in [1.807, 2.05) is 36.4 Å². The summed E-state index contributed by atoms with van der Waals surface area (Å²) >= 11 is 0. The molecule has 1 aromatic heterocycles. The Morgan fingerprint density at radius 2 is 1.94 bits per heavy atom. The molecule has 4 aromatic rings. The summed E-state index contributed by atoms with van der Waals surface area (Å²) in [6.07, 6.45) is 2.00. The number of anilines is 1. The highest BCUT2D eigenvalue weighted by atomic mass is 16.5. The first-order chi connectivity index (χ1) is 16.7. The first-order valence-electron chi connectivity index (χ1n) is 11.5. The number of hydrogen-bond donors (Lipinski definition) is 3. The predicted molar refractivity (Wildman–Crippen MR) is 134 cm³/mol. The van der Waals surface area contributed by atoms with E-state index >= 15 is 0 Å². The van der Waals surface area contributed by atoms with Crippen LogP contribution >= 0.6 is 0 Å². The van der Waals surface area contributed by atoms with Gasteiger partial charge in [-0.3, -0.25) is 0 Å². The minimum atomic E-state index is 0.0553. The number of nitrogens with zero attached hydrogens (tertiary/aromatic N) is 2. The molecule has 0 amide bonds. The summed E-state index contributed by atoms with van der Waals surface area (Å²) < 4.78 is 6.23. The molecule has 0 aliphatic carbocycles. The number of nitriles is 1. The molecule has 6 nitrogen and oxygen atoms in total. The number of ether oxygens (including phenoxy) is 1. The van der Waals surface area contributed by atoms with Crippen LogP contribution in [0.1, 0.15) is 35.4 Å². The molecule has 6 heteroatoms. The fourth-order valence-electron chi connectivity index (χ4n) is 4.75. The maximum Gasteiger partial charge on any atom is 0.142 e. The Balaban J connectivity index is 1.54. The van der Waals surface area contributed by atoms with E-state index in [0.717, 1.165) is 47.8 Å². The van der Waals surface area contributed by atoms with Gasteiger partial charge in [0.15, 0.2) is 0 Å². The number of piperidine rings is 1. The number of fused-ring (bicyclic) bond motifs is 1. The summed E-state index contributed by atoms with van der Waals surface area (Å²) in [5, 5.41) is 26.2. The van der Waals surface area contributed by atoms with E-state index in [4.69, 9.17) is 10.5 Å². The van der Waals surface area contributed by atoms with E-state index in [2.05, 4.69) is 34.6 Å². The Morgan fingerprint density at radius 1 is 1.12 bits per heavy atom. The molecule has 170 valence electrons. The van der Waals surface area contributed by atoms with Gasteiger partial charge in [-0.15, -0.1) is 0 Å². The van der Waals surface area contributed by atoms with Crippen molar-refractivity contribution in [2.75, 3.05) is 18.8 Å². The highest BCUT2D eigenvalue weighted by Crippen LogP contribution is 2.40. The Kier molecular flexibility index (Phi) is 6.03. The zero-order chi connectivity index (χ0) is 23.5. The van der Waals surface area contributed by atoms with Gasteiger partial charge in [0, 0.05) is 6.54 Å². The van der Waals surface area contributed by atoms with Crippen molar-refractivity contribution in [2.24, 2.45) is 0 Å². The van der Waals surface area contributed by atoms with Gasteiger partial charge in [0.25, 0.3) is 0 Å². The lowest BCUT2D eigenvalue weighted by molar-refractivity contribution is 0.307. The maximum atomic E-state index is 10.8. The van der Waals surface area contributed by atoms with E-state index in [-0.39, 0.29) is 17.5 Å². The van der Waals surface area contributed by atoms with E-state index in [1.54, 1.807) is 12.1 Å². The van der Waals surface area contributed by atoms with Gasteiger partial charge in [-0.2, -0.15) is 5.26 Å². The summed E-state index contributed by atoms with van der Waals surface area (Å²) in [5.41, 5.74) is 9.53. The third kappa shape index (κ3) is 4.14. The molecule has 1 atom stereocenters. The van der Waals surface area contributed by atoms with Gasteiger partial charge in [-0.05, 0) is 65.4 Å². The summed E-state index contributed by atoms with van der Waals surface area (Å²) in [7, 11) is 0. The van der Waals surface area contributed by atoms with Crippen LogP contribution in [0.5, 0.6) is 11.5 Å². The SMILES string of the molecule is N#Cc1c(C2CCCNC2)cc(-c2c(O)cccc2OCc2cccc3ccccc23)nc1N. The number of pyridine rings is 1. The van der Waals surface area contributed by atoms with E-state index in [0.29, 0.717) is 29.2 Å². The van der Waals surface area contributed by atoms with Crippen molar-refractivity contribution in [3.8, 4) is 28.8 Å². The first kappa shape index (κ1) is 21.7. The van der Waals surface area contributed by atoms with Crippen LogP contribution in [-0.2, 0) is 6.61 Å². The van der Waals surface area contributed by atoms with Crippen LogP contribution in [0.3, 0.4) is 0 Å². The lowest BCUT2D eigenvalue weighted by Gasteiger charge is -2.25. The second kappa shape index (κ2) is 9.42. The monoisotopic (exact) mass is 450 g/mol. The second-order valence-corrected chi connectivity index (χ2v) is 8.59. The largest absolute Gasteiger partial charge is 0.507 e. The molecule has 0 saturated carbocycles. The highest BCUT2D eigenvalue weighted by molar-refractivity contribution is 5.85. The molecule has 1 aliphatic heterocycles. The number of nitrogens with two attached hydrogens (primary N) is 1. The average Bonchev–Trinajstić information content (AvgIpc) is 2.87. The van der Waals surface area contributed by atoms with Crippen molar-refractivity contribution in [1.29, 1.82) is 5.26 Å². The van der Waals surface area contributed by atoms with Gasteiger partial charge in [0.2, 0.25) is 0 Å². The van der Waals surface area contributed by atoms with Gasteiger partial charge >= 0.3 is 0 Å². The predicted octanol–water partition coefficient (Wildman–Crippen LogP) is 5.11. The lowest BCUT2D eigenvalue weighted by atomic mass is 9.88.